The van der Waals surface area contributed by atoms with Gasteiger partial charge < -0.3 is 36.2 Å². The zero-order valence-electron chi connectivity index (χ0n) is 23.6. The number of phenolic OH excluding ortho intramolecular Hbond substituents is 1. The maximum atomic E-state index is 13.9. The lowest BCUT2D eigenvalue weighted by molar-refractivity contribution is -0.136. The van der Waals surface area contributed by atoms with E-state index in [1.54, 1.807) is 44.1 Å². The van der Waals surface area contributed by atoms with E-state index in [1.807, 2.05) is 19.0 Å². The van der Waals surface area contributed by atoms with E-state index >= 15 is 0 Å². The maximum absolute atomic E-state index is 13.9. The van der Waals surface area contributed by atoms with Gasteiger partial charge in [0.05, 0.1) is 24.1 Å². The molecule has 4 atom stereocenters. The van der Waals surface area contributed by atoms with Gasteiger partial charge in [0.15, 0.2) is 11.6 Å². The Hall–Kier alpha value is -3.90. The number of fused-ring (bicyclic) bond motifs is 3. The Morgan fingerprint density at radius 3 is 2.25 bits per heavy atom. The highest BCUT2D eigenvalue weighted by molar-refractivity contribution is 6.28. The molecule has 3 aliphatic carbocycles. The van der Waals surface area contributed by atoms with Crippen LogP contribution in [0.2, 0.25) is 0 Å². The SMILES string of the molecule is CN(C)CC(=O)NCc1cc(N(C)C)c2c(c1O)C(O)=C1C(=O)C3C(=O)C(C(N)=O)=C(O)C(N(C)C)C3CC1C2. The second-order valence-electron chi connectivity index (χ2n) is 11.5. The number of likely N-dealkylation sites (N-methyl/N-ethyl adjacent to an activating group) is 2. The lowest BCUT2D eigenvalue weighted by Gasteiger charge is -2.46. The van der Waals surface area contributed by atoms with E-state index in [4.69, 9.17) is 5.73 Å². The molecule has 2 amide bonds. The number of carbonyl (C=O) groups is 4. The summed E-state index contributed by atoms with van der Waals surface area (Å²) in [5.41, 5.74) is 6.60. The topological polar surface area (TPSA) is 177 Å². The van der Waals surface area contributed by atoms with Crippen LogP contribution in [0.15, 0.2) is 23.0 Å². The molecule has 0 spiro atoms. The van der Waals surface area contributed by atoms with Crippen molar-refractivity contribution < 1.29 is 34.5 Å². The van der Waals surface area contributed by atoms with Gasteiger partial charge in [-0.2, -0.15) is 0 Å². The molecule has 6 N–H and O–H groups in total. The molecule has 40 heavy (non-hydrogen) atoms. The summed E-state index contributed by atoms with van der Waals surface area (Å²) in [6, 6.07) is 0.949. The minimum Gasteiger partial charge on any atom is -0.510 e. The standard InChI is InChI=1S/C28H37N5O7/c1-31(2)11-17(34)30-10-13-9-16(32(3)4)14-7-12-8-15-20(25(37)18(12)24(36)19(14)23(13)35)26(38)21(28(29)40)27(39)22(15)33(5)6/h9,12,15,20,22,35-36,39H,7-8,10-11H2,1-6H3,(H2,29,40)(H,30,34). The van der Waals surface area contributed by atoms with E-state index in [0.29, 0.717) is 23.2 Å². The van der Waals surface area contributed by atoms with Crippen molar-refractivity contribution in [3.05, 3.63) is 39.7 Å². The molecule has 0 saturated heterocycles. The number of benzene rings is 1. The molecule has 0 radical (unpaired) electrons. The van der Waals surface area contributed by atoms with Crippen LogP contribution in [0.3, 0.4) is 0 Å². The largest absolute Gasteiger partial charge is 0.510 e. The van der Waals surface area contributed by atoms with Gasteiger partial charge in [0.2, 0.25) is 5.91 Å². The number of nitrogens with zero attached hydrogens (tertiary/aromatic N) is 3. The quantitative estimate of drug-likeness (QED) is 0.229. The zero-order valence-corrected chi connectivity index (χ0v) is 23.6. The molecule has 1 fully saturated rings. The van der Waals surface area contributed by atoms with Crippen LogP contribution >= 0.6 is 0 Å². The number of hydrogen-bond donors (Lipinski definition) is 5. The van der Waals surface area contributed by atoms with Crippen molar-refractivity contribution in [2.24, 2.45) is 23.5 Å². The van der Waals surface area contributed by atoms with E-state index in [2.05, 4.69) is 5.32 Å². The third kappa shape index (κ3) is 4.71. The summed E-state index contributed by atoms with van der Waals surface area (Å²) in [5.74, 6) is -6.48. The van der Waals surface area contributed by atoms with E-state index < -0.39 is 58.4 Å². The number of carbonyl (C=O) groups excluding carboxylic acids is 4. The first-order valence-corrected chi connectivity index (χ1v) is 13.0. The summed E-state index contributed by atoms with van der Waals surface area (Å²) in [6.45, 7) is 0.145. The first-order chi connectivity index (χ1) is 18.7. The van der Waals surface area contributed by atoms with E-state index in [9.17, 15) is 34.5 Å². The second kappa shape index (κ2) is 10.6. The van der Waals surface area contributed by atoms with Crippen molar-refractivity contribution in [3.8, 4) is 5.75 Å². The number of amides is 2. The molecule has 3 aliphatic rings. The highest BCUT2D eigenvalue weighted by atomic mass is 16.3. The molecule has 0 heterocycles. The van der Waals surface area contributed by atoms with Gasteiger partial charge in [-0.15, -0.1) is 0 Å². The summed E-state index contributed by atoms with van der Waals surface area (Å²) in [7, 11) is 10.5. The lowest BCUT2D eigenvalue weighted by atomic mass is 9.59. The lowest BCUT2D eigenvalue weighted by Crippen LogP contribution is -2.55. The van der Waals surface area contributed by atoms with Crippen molar-refractivity contribution in [1.82, 2.24) is 15.1 Å². The number of aliphatic hydroxyl groups is 2. The van der Waals surface area contributed by atoms with Crippen molar-refractivity contribution in [2.75, 3.05) is 53.7 Å². The summed E-state index contributed by atoms with van der Waals surface area (Å²) in [4.78, 5) is 56.8. The van der Waals surface area contributed by atoms with Gasteiger partial charge in [-0.1, -0.05) is 0 Å². The molecule has 216 valence electrons. The number of primary amides is 1. The van der Waals surface area contributed by atoms with Crippen LogP contribution in [0.5, 0.6) is 5.75 Å². The fraction of sp³-hybridized carbons (Fsp3) is 0.500. The molecule has 4 rings (SSSR count). The van der Waals surface area contributed by atoms with Crippen molar-refractivity contribution in [1.29, 1.82) is 0 Å². The third-order valence-corrected chi connectivity index (χ3v) is 8.04. The average Bonchev–Trinajstić information content (AvgIpc) is 2.81. The predicted molar refractivity (Wildman–Crippen MR) is 148 cm³/mol. The number of aliphatic hydroxyl groups excluding tert-OH is 2. The molecular weight excluding hydrogens is 518 g/mol. The van der Waals surface area contributed by atoms with Gasteiger partial charge in [-0.05, 0) is 64.5 Å². The molecule has 1 saturated carbocycles. The van der Waals surface area contributed by atoms with Gasteiger partial charge in [0, 0.05) is 37.5 Å². The van der Waals surface area contributed by atoms with E-state index in [-0.39, 0.29) is 42.3 Å². The predicted octanol–water partition coefficient (Wildman–Crippen LogP) is 0.0929. The van der Waals surface area contributed by atoms with Gasteiger partial charge in [-0.3, -0.25) is 24.1 Å². The fourth-order valence-corrected chi connectivity index (χ4v) is 6.44. The molecule has 12 nitrogen and oxygen atoms in total. The number of anilines is 1. The van der Waals surface area contributed by atoms with E-state index in [1.165, 1.54) is 0 Å². The number of phenols is 1. The highest BCUT2D eigenvalue weighted by Gasteiger charge is 2.55. The van der Waals surface area contributed by atoms with Crippen molar-refractivity contribution >= 4 is 34.8 Å². The molecule has 4 unspecified atom stereocenters. The molecule has 1 aromatic rings. The van der Waals surface area contributed by atoms with Gasteiger partial charge in [-0.25, -0.2) is 0 Å². The van der Waals surface area contributed by atoms with Crippen LogP contribution in [0.4, 0.5) is 5.69 Å². The van der Waals surface area contributed by atoms with Crippen LogP contribution < -0.4 is 16.0 Å². The number of ketones is 2. The van der Waals surface area contributed by atoms with Crippen LogP contribution in [0, 0.1) is 17.8 Å². The zero-order chi connectivity index (χ0) is 29.8. The molecule has 0 aliphatic heterocycles. The number of allylic oxidation sites excluding steroid dienone is 1. The highest BCUT2D eigenvalue weighted by Crippen LogP contribution is 2.52. The molecule has 1 aromatic carbocycles. The summed E-state index contributed by atoms with van der Waals surface area (Å²) >= 11 is 0. The van der Waals surface area contributed by atoms with Gasteiger partial charge in [0.25, 0.3) is 5.91 Å². The number of nitrogens with two attached hydrogens (primary N) is 1. The Labute approximate surface area is 232 Å². The van der Waals surface area contributed by atoms with Crippen LogP contribution in [-0.2, 0) is 32.1 Å². The van der Waals surface area contributed by atoms with Gasteiger partial charge >= 0.3 is 0 Å². The van der Waals surface area contributed by atoms with Crippen molar-refractivity contribution in [3.63, 3.8) is 0 Å². The first-order valence-electron chi connectivity index (χ1n) is 13.0. The third-order valence-electron chi connectivity index (χ3n) is 8.04. The van der Waals surface area contributed by atoms with Gasteiger partial charge in [0.1, 0.15) is 22.8 Å². The summed E-state index contributed by atoms with van der Waals surface area (Å²) in [5, 5.41) is 36.4. The number of nitrogens with one attached hydrogen (secondary N) is 1. The average molecular weight is 556 g/mol. The number of hydrogen-bond acceptors (Lipinski definition) is 10. The molecule has 0 aromatic heterocycles. The normalized spacial score (nSPS) is 24.2. The van der Waals surface area contributed by atoms with Crippen LogP contribution in [0.25, 0.3) is 5.76 Å². The number of aromatic hydroxyl groups is 1. The monoisotopic (exact) mass is 555 g/mol. The number of Topliss-reactive ketones (excluding diaryl/α,β-unsaturated/α-hetero) is 2. The Balaban J connectivity index is 1.83. The Bertz CT molecular complexity index is 1360. The fourth-order valence-electron chi connectivity index (χ4n) is 6.44. The summed E-state index contributed by atoms with van der Waals surface area (Å²) in [6.07, 6.45) is 0.565. The number of rotatable bonds is 7. The van der Waals surface area contributed by atoms with Crippen LogP contribution in [-0.4, -0.2) is 103 Å². The first kappa shape index (κ1) is 29.1. The maximum Gasteiger partial charge on any atom is 0.255 e. The Kier molecular flexibility index (Phi) is 7.70. The van der Waals surface area contributed by atoms with E-state index in [0.717, 1.165) is 0 Å². The molecule has 12 heteroatoms. The van der Waals surface area contributed by atoms with Crippen LogP contribution in [0.1, 0.15) is 23.1 Å². The Morgan fingerprint density at radius 1 is 1.05 bits per heavy atom. The summed E-state index contributed by atoms with van der Waals surface area (Å²) < 4.78 is 0. The second-order valence-corrected chi connectivity index (χ2v) is 11.5. The smallest absolute Gasteiger partial charge is 0.255 e. The minimum atomic E-state index is -1.32. The molecule has 0 bridgehead atoms. The molecular formula is C28H37N5O7. The van der Waals surface area contributed by atoms with Crippen molar-refractivity contribution in [2.45, 2.75) is 25.4 Å². The minimum absolute atomic E-state index is 0.00758. The Morgan fingerprint density at radius 2 is 1.70 bits per heavy atom.